The van der Waals surface area contributed by atoms with Crippen LogP contribution in [0, 0.1) is 11.7 Å². The molecule has 0 radical (unpaired) electrons. The molecule has 0 amide bonds. The third-order valence-electron chi connectivity index (χ3n) is 2.52. The number of thiocarbonyl (C=S) groups is 1. The fourth-order valence-corrected chi connectivity index (χ4v) is 1.78. The van der Waals surface area contributed by atoms with E-state index in [2.05, 4.69) is 19.2 Å². The quantitative estimate of drug-likeness (QED) is 0.604. The zero-order valence-corrected chi connectivity index (χ0v) is 11.1. The van der Waals surface area contributed by atoms with Gasteiger partial charge in [-0.1, -0.05) is 26.1 Å². The van der Waals surface area contributed by atoms with Crippen molar-refractivity contribution in [1.29, 1.82) is 0 Å². The van der Waals surface area contributed by atoms with E-state index in [1.54, 1.807) is 6.07 Å². The van der Waals surface area contributed by atoms with Crippen molar-refractivity contribution in [3.05, 3.63) is 29.6 Å². The van der Waals surface area contributed by atoms with Crippen LogP contribution in [0.4, 0.5) is 10.1 Å². The second-order valence-electron chi connectivity index (χ2n) is 4.52. The third kappa shape index (κ3) is 4.69. The van der Waals surface area contributed by atoms with Crippen molar-refractivity contribution < 1.29 is 4.39 Å². The molecule has 1 aromatic rings. The van der Waals surface area contributed by atoms with Gasteiger partial charge in [0.05, 0.1) is 0 Å². The topological polar surface area (TPSA) is 38.0 Å². The lowest BCUT2D eigenvalue weighted by Gasteiger charge is -2.12. The Hall–Kier alpha value is -1.16. The molecule has 4 heteroatoms. The van der Waals surface area contributed by atoms with Gasteiger partial charge in [-0.05, 0) is 37.0 Å². The number of hydrogen-bond donors (Lipinski definition) is 2. The van der Waals surface area contributed by atoms with E-state index in [1.165, 1.54) is 12.1 Å². The number of nitrogens with one attached hydrogen (secondary N) is 1. The van der Waals surface area contributed by atoms with Crippen molar-refractivity contribution in [1.82, 2.24) is 0 Å². The van der Waals surface area contributed by atoms with Gasteiger partial charge < -0.3 is 11.1 Å². The van der Waals surface area contributed by atoms with Crippen molar-refractivity contribution in [3.63, 3.8) is 0 Å². The van der Waals surface area contributed by atoms with Gasteiger partial charge in [-0.3, -0.25) is 0 Å². The first-order valence-electron chi connectivity index (χ1n) is 5.84. The summed E-state index contributed by atoms with van der Waals surface area (Å²) < 4.78 is 13.1. The predicted molar refractivity (Wildman–Crippen MR) is 74.8 cm³/mol. The molecule has 0 spiro atoms. The Morgan fingerprint density at radius 1 is 1.47 bits per heavy atom. The molecule has 0 atom stereocenters. The largest absolute Gasteiger partial charge is 0.389 e. The maximum atomic E-state index is 13.1. The Bertz CT molecular complexity index is 391. The first-order chi connectivity index (χ1) is 8.00. The molecule has 94 valence electrons. The molecule has 0 aliphatic rings. The standard InChI is InChI=1S/C13H19FN2S/c1-9(2)4-3-7-16-12-6-5-10(14)8-11(12)13(15)17/h5-6,8-9,16H,3-4,7H2,1-2H3,(H2,15,17). The Balaban J connectivity index is 2.61. The summed E-state index contributed by atoms with van der Waals surface area (Å²) in [5.41, 5.74) is 6.94. The van der Waals surface area contributed by atoms with Gasteiger partial charge in [0, 0.05) is 17.8 Å². The van der Waals surface area contributed by atoms with Crippen LogP contribution in [0.2, 0.25) is 0 Å². The van der Waals surface area contributed by atoms with Crippen LogP contribution in [0.25, 0.3) is 0 Å². The molecule has 0 aliphatic carbocycles. The number of anilines is 1. The fraction of sp³-hybridized carbons (Fsp3) is 0.462. The van der Waals surface area contributed by atoms with Gasteiger partial charge in [0.2, 0.25) is 0 Å². The smallest absolute Gasteiger partial charge is 0.124 e. The number of hydrogen-bond acceptors (Lipinski definition) is 2. The Morgan fingerprint density at radius 2 is 2.18 bits per heavy atom. The minimum Gasteiger partial charge on any atom is -0.389 e. The summed E-state index contributed by atoms with van der Waals surface area (Å²) in [5.74, 6) is 0.376. The average molecular weight is 254 g/mol. The summed E-state index contributed by atoms with van der Waals surface area (Å²) in [6, 6.07) is 4.46. The van der Waals surface area contributed by atoms with Crippen LogP contribution in [-0.2, 0) is 0 Å². The normalized spacial score (nSPS) is 10.6. The fourth-order valence-electron chi connectivity index (χ4n) is 1.61. The highest BCUT2D eigenvalue weighted by atomic mass is 32.1. The molecule has 0 aliphatic heterocycles. The van der Waals surface area contributed by atoms with E-state index in [4.69, 9.17) is 18.0 Å². The molecule has 0 bridgehead atoms. The third-order valence-corrected chi connectivity index (χ3v) is 2.74. The van der Waals surface area contributed by atoms with E-state index < -0.39 is 0 Å². The number of rotatable bonds is 6. The monoisotopic (exact) mass is 254 g/mol. The van der Waals surface area contributed by atoms with E-state index in [0.29, 0.717) is 11.5 Å². The SMILES string of the molecule is CC(C)CCCNc1ccc(F)cc1C(N)=S. The van der Waals surface area contributed by atoms with Crippen LogP contribution < -0.4 is 11.1 Å². The molecule has 0 heterocycles. The van der Waals surface area contributed by atoms with Crippen LogP contribution in [0.3, 0.4) is 0 Å². The first kappa shape index (κ1) is 13.9. The molecule has 17 heavy (non-hydrogen) atoms. The lowest BCUT2D eigenvalue weighted by molar-refractivity contribution is 0.567. The van der Waals surface area contributed by atoms with E-state index in [0.717, 1.165) is 25.1 Å². The minimum absolute atomic E-state index is 0.218. The lowest BCUT2D eigenvalue weighted by atomic mass is 10.1. The van der Waals surface area contributed by atoms with Gasteiger partial charge in [0.1, 0.15) is 10.8 Å². The highest BCUT2D eigenvalue weighted by Crippen LogP contribution is 2.17. The molecule has 0 saturated carbocycles. The summed E-state index contributed by atoms with van der Waals surface area (Å²) >= 11 is 4.90. The maximum Gasteiger partial charge on any atom is 0.124 e. The van der Waals surface area contributed by atoms with Crippen LogP contribution in [-0.4, -0.2) is 11.5 Å². The Labute approximate surface area is 107 Å². The lowest BCUT2D eigenvalue weighted by Crippen LogP contribution is -2.14. The number of benzene rings is 1. The van der Waals surface area contributed by atoms with Gasteiger partial charge in [0.25, 0.3) is 0 Å². The highest BCUT2D eigenvalue weighted by Gasteiger charge is 2.06. The van der Waals surface area contributed by atoms with Gasteiger partial charge in [-0.2, -0.15) is 0 Å². The molecule has 0 unspecified atom stereocenters. The predicted octanol–water partition coefficient (Wildman–Crippen LogP) is 3.31. The van der Waals surface area contributed by atoms with E-state index >= 15 is 0 Å². The second-order valence-corrected chi connectivity index (χ2v) is 4.96. The molecule has 3 N–H and O–H groups in total. The summed E-state index contributed by atoms with van der Waals surface area (Å²) in [6.07, 6.45) is 2.24. The number of halogens is 1. The Kier molecular flexibility index (Phi) is 5.35. The van der Waals surface area contributed by atoms with E-state index in [9.17, 15) is 4.39 Å². The van der Waals surface area contributed by atoms with Gasteiger partial charge >= 0.3 is 0 Å². The van der Waals surface area contributed by atoms with E-state index in [1.807, 2.05) is 0 Å². The van der Waals surface area contributed by atoms with Crippen molar-refractivity contribution >= 4 is 22.9 Å². The zero-order chi connectivity index (χ0) is 12.8. The van der Waals surface area contributed by atoms with Gasteiger partial charge in [0.15, 0.2) is 0 Å². The minimum atomic E-state index is -0.319. The maximum absolute atomic E-state index is 13.1. The van der Waals surface area contributed by atoms with Crippen LogP contribution in [0.15, 0.2) is 18.2 Å². The summed E-state index contributed by atoms with van der Waals surface area (Å²) in [5, 5.41) is 3.24. The summed E-state index contributed by atoms with van der Waals surface area (Å²) in [6.45, 7) is 5.23. The molecule has 0 saturated heterocycles. The first-order valence-corrected chi connectivity index (χ1v) is 6.24. The van der Waals surface area contributed by atoms with Crippen LogP contribution in [0.1, 0.15) is 32.3 Å². The van der Waals surface area contributed by atoms with Crippen LogP contribution >= 0.6 is 12.2 Å². The van der Waals surface area contributed by atoms with Gasteiger partial charge in [-0.25, -0.2) is 4.39 Å². The summed E-state index contributed by atoms with van der Waals surface area (Å²) in [7, 11) is 0. The molecular weight excluding hydrogens is 235 g/mol. The highest BCUT2D eigenvalue weighted by molar-refractivity contribution is 7.80. The van der Waals surface area contributed by atoms with E-state index in [-0.39, 0.29) is 10.8 Å². The molecule has 1 rings (SSSR count). The van der Waals surface area contributed by atoms with Crippen LogP contribution in [0.5, 0.6) is 0 Å². The number of nitrogens with two attached hydrogens (primary N) is 1. The molecule has 1 aromatic carbocycles. The van der Waals surface area contributed by atoms with Crippen molar-refractivity contribution in [3.8, 4) is 0 Å². The Morgan fingerprint density at radius 3 is 2.76 bits per heavy atom. The molecule has 0 aromatic heterocycles. The van der Waals surface area contributed by atoms with Crippen molar-refractivity contribution in [2.75, 3.05) is 11.9 Å². The van der Waals surface area contributed by atoms with Crippen molar-refractivity contribution in [2.24, 2.45) is 11.7 Å². The second kappa shape index (κ2) is 6.55. The average Bonchev–Trinajstić information content (AvgIpc) is 2.25. The van der Waals surface area contributed by atoms with Gasteiger partial charge in [-0.15, -0.1) is 0 Å². The van der Waals surface area contributed by atoms with Crippen molar-refractivity contribution in [2.45, 2.75) is 26.7 Å². The molecule has 2 nitrogen and oxygen atoms in total. The summed E-state index contributed by atoms with van der Waals surface area (Å²) in [4.78, 5) is 0.218. The molecular formula is C13H19FN2S. The zero-order valence-electron chi connectivity index (χ0n) is 10.3. The molecule has 0 fully saturated rings.